The molecule has 5 aliphatic rings. The van der Waals surface area contributed by atoms with Crippen LogP contribution in [0.25, 0.3) is 0 Å². The number of rotatable bonds is 2. The molecule has 0 bridgehead atoms. The highest BCUT2D eigenvalue weighted by atomic mass is 16.1. The maximum absolute atomic E-state index is 13.2. The molecule has 0 aromatic rings. The zero-order valence-corrected chi connectivity index (χ0v) is 22.5. The van der Waals surface area contributed by atoms with Gasteiger partial charge in [-0.1, -0.05) is 46.8 Å². The topological polar surface area (TPSA) is 34.1 Å². The van der Waals surface area contributed by atoms with E-state index in [9.17, 15) is 9.59 Å². The molecule has 0 N–H and O–H groups in total. The fourth-order valence-electron chi connectivity index (χ4n) is 11.5. The van der Waals surface area contributed by atoms with Crippen LogP contribution >= 0.6 is 0 Å². The van der Waals surface area contributed by atoms with Gasteiger partial charge in [-0.15, -0.1) is 0 Å². The molecular weight excluding hydrogens is 404 g/mol. The molecule has 5 fully saturated rings. The largest absolute Gasteiger partial charge is 0.299 e. The standard InChI is InChI=1S/C31H48O2/c1-19(2)21-11-16-31(20(3)32)18-17-29(7)22(26(21)31)9-10-24-28(6)14-13-25(33)27(4,5)23(28)12-15-30(24,29)8/h21-24,26H,1,9-18H2,2-8H3/t21?,22?,23-,24+,26?,28-,29+,30+,31+/m0/s1. The van der Waals surface area contributed by atoms with Crippen LogP contribution in [-0.2, 0) is 9.59 Å². The summed E-state index contributed by atoms with van der Waals surface area (Å²) in [6.45, 7) is 20.8. The lowest BCUT2D eigenvalue weighted by molar-refractivity contribution is -0.232. The Bertz CT molecular complexity index is 899. The minimum Gasteiger partial charge on any atom is -0.299 e. The van der Waals surface area contributed by atoms with E-state index in [-0.39, 0.29) is 21.7 Å². The molecule has 0 spiro atoms. The minimum absolute atomic E-state index is 0.0999. The Morgan fingerprint density at radius 1 is 0.818 bits per heavy atom. The molecule has 33 heavy (non-hydrogen) atoms. The number of allylic oxidation sites excluding steroid dienone is 1. The fraction of sp³-hybridized carbons (Fsp3) is 0.871. The molecular formula is C31H48O2. The number of carbonyl (C=O) groups is 2. The highest BCUT2D eigenvalue weighted by Crippen LogP contribution is 2.77. The Kier molecular flexibility index (Phi) is 5.10. The van der Waals surface area contributed by atoms with Crippen molar-refractivity contribution >= 4 is 11.6 Å². The van der Waals surface area contributed by atoms with Crippen molar-refractivity contribution in [2.75, 3.05) is 0 Å². The van der Waals surface area contributed by atoms with Gasteiger partial charge in [-0.3, -0.25) is 9.59 Å². The van der Waals surface area contributed by atoms with Crippen LogP contribution in [-0.4, -0.2) is 11.6 Å². The normalized spacial score (nSPS) is 52.8. The van der Waals surface area contributed by atoms with Crippen LogP contribution in [0.15, 0.2) is 12.2 Å². The second-order valence-corrected chi connectivity index (χ2v) is 14.5. The first-order valence-electron chi connectivity index (χ1n) is 14.0. The summed E-state index contributed by atoms with van der Waals surface area (Å²) in [7, 11) is 0. The molecule has 3 unspecified atom stereocenters. The summed E-state index contributed by atoms with van der Waals surface area (Å²) in [6, 6.07) is 0. The third kappa shape index (κ3) is 2.73. The van der Waals surface area contributed by atoms with Crippen LogP contribution in [0.5, 0.6) is 0 Å². The first-order valence-corrected chi connectivity index (χ1v) is 14.0. The lowest BCUT2D eigenvalue weighted by Gasteiger charge is -2.72. The van der Waals surface area contributed by atoms with Gasteiger partial charge in [0.05, 0.1) is 0 Å². The molecule has 0 aliphatic heterocycles. The number of ketones is 2. The molecule has 5 rings (SSSR count). The smallest absolute Gasteiger partial charge is 0.138 e. The number of fused-ring (bicyclic) bond motifs is 7. The zero-order chi connectivity index (χ0) is 24.2. The molecule has 0 radical (unpaired) electrons. The van der Waals surface area contributed by atoms with Crippen LogP contribution in [0.3, 0.4) is 0 Å². The van der Waals surface area contributed by atoms with Crippen molar-refractivity contribution in [2.24, 2.45) is 56.7 Å². The average molecular weight is 453 g/mol. The predicted molar refractivity (Wildman–Crippen MR) is 135 cm³/mol. The first kappa shape index (κ1) is 23.8. The Balaban J connectivity index is 1.57. The number of Topliss-reactive ketones (excluding diaryl/α,β-unsaturated/α-hetero) is 2. The van der Waals surface area contributed by atoms with E-state index in [1.165, 1.54) is 37.7 Å². The van der Waals surface area contributed by atoms with Gasteiger partial charge in [0.15, 0.2) is 0 Å². The van der Waals surface area contributed by atoms with E-state index in [1.54, 1.807) is 0 Å². The van der Waals surface area contributed by atoms with Gasteiger partial charge in [-0.2, -0.15) is 0 Å². The summed E-state index contributed by atoms with van der Waals surface area (Å²) in [6.07, 6.45) is 11.3. The van der Waals surface area contributed by atoms with Crippen LogP contribution < -0.4 is 0 Å². The van der Waals surface area contributed by atoms with E-state index in [1.807, 2.05) is 6.92 Å². The van der Waals surface area contributed by atoms with Gasteiger partial charge in [0.25, 0.3) is 0 Å². The number of hydrogen-bond donors (Lipinski definition) is 0. The lowest BCUT2D eigenvalue weighted by atomic mass is 9.32. The van der Waals surface area contributed by atoms with Crippen molar-refractivity contribution in [3.63, 3.8) is 0 Å². The van der Waals surface area contributed by atoms with Gasteiger partial charge >= 0.3 is 0 Å². The van der Waals surface area contributed by atoms with E-state index in [4.69, 9.17) is 0 Å². The van der Waals surface area contributed by atoms with Crippen LogP contribution in [0, 0.1) is 56.7 Å². The van der Waals surface area contributed by atoms with Crippen molar-refractivity contribution < 1.29 is 9.59 Å². The quantitative estimate of drug-likeness (QED) is 0.400. The lowest BCUT2D eigenvalue weighted by Crippen LogP contribution is -2.66. The first-order chi connectivity index (χ1) is 15.3. The second-order valence-electron chi connectivity index (χ2n) is 14.5. The monoisotopic (exact) mass is 452 g/mol. The third-order valence-electron chi connectivity index (χ3n) is 13.5. The van der Waals surface area contributed by atoms with Gasteiger partial charge in [-0.05, 0) is 117 Å². The Morgan fingerprint density at radius 3 is 2.15 bits per heavy atom. The molecule has 184 valence electrons. The number of carbonyl (C=O) groups excluding carboxylic acids is 2. The second kappa shape index (κ2) is 7.07. The van der Waals surface area contributed by atoms with Gasteiger partial charge < -0.3 is 0 Å². The predicted octanol–water partition coefficient (Wildman–Crippen LogP) is 7.80. The van der Waals surface area contributed by atoms with Crippen molar-refractivity contribution in [2.45, 2.75) is 113 Å². The van der Waals surface area contributed by atoms with Gasteiger partial charge in [0.1, 0.15) is 11.6 Å². The summed E-state index contributed by atoms with van der Waals surface area (Å²) < 4.78 is 0. The molecule has 2 nitrogen and oxygen atoms in total. The molecule has 0 amide bonds. The Labute approximate surface area is 202 Å². The molecule has 9 atom stereocenters. The third-order valence-corrected chi connectivity index (χ3v) is 13.5. The molecule has 5 saturated carbocycles. The molecule has 0 saturated heterocycles. The minimum atomic E-state index is -0.182. The van der Waals surface area contributed by atoms with Gasteiger partial charge in [0, 0.05) is 17.3 Å². The van der Waals surface area contributed by atoms with Crippen molar-refractivity contribution in [3.05, 3.63) is 12.2 Å². The average Bonchev–Trinajstić information content (AvgIpc) is 3.13. The van der Waals surface area contributed by atoms with E-state index in [2.05, 4.69) is 48.1 Å². The highest BCUT2D eigenvalue weighted by Gasteiger charge is 2.71. The molecule has 0 aromatic carbocycles. The van der Waals surface area contributed by atoms with E-state index < -0.39 is 0 Å². The van der Waals surface area contributed by atoms with Crippen molar-refractivity contribution in [3.8, 4) is 0 Å². The Morgan fingerprint density at radius 2 is 1.52 bits per heavy atom. The molecule has 0 heterocycles. The summed E-state index contributed by atoms with van der Waals surface area (Å²) in [5.74, 6) is 3.77. The summed E-state index contributed by atoms with van der Waals surface area (Å²) >= 11 is 0. The number of hydrogen-bond acceptors (Lipinski definition) is 2. The summed E-state index contributed by atoms with van der Waals surface area (Å²) in [5, 5.41) is 0. The summed E-state index contributed by atoms with van der Waals surface area (Å²) in [5.41, 5.74) is 1.86. The summed E-state index contributed by atoms with van der Waals surface area (Å²) in [4.78, 5) is 26.1. The van der Waals surface area contributed by atoms with Crippen LogP contribution in [0.4, 0.5) is 0 Å². The van der Waals surface area contributed by atoms with Crippen molar-refractivity contribution in [1.29, 1.82) is 0 Å². The molecule has 0 aromatic heterocycles. The maximum Gasteiger partial charge on any atom is 0.138 e. The Hall–Kier alpha value is -0.920. The van der Waals surface area contributed by atoms with Gasteiger partial charge in [-0.25, -0.2) is 0 Å². The maximum atomic E-state index is 13.2. The molecule has 5 aliphatic carbocycles. The van der Waals surface area contributed by atoms with Crippen LogP contribution in [0.2, 0.25) is 0 Å². The van der Waals surface area contributed by atoms with E-state index in [0.717, 1.165) is 32.1 Å². The van der Waals surface area contributed by atoms with E-state index in [0.29, 0.717) is 46.6 Å². The highest BCUT2D eigenvalue weighted by molar-refractivity contribution is 5.85. The SMILES string of the molecule is C=C(C)C1CC[C@]2(C(C)=O)CC[C@]3(C)C(CC[C@@H]4[C@@]5(C)CCC(=O)C(C)(C)[C@@H]5CC[C@]43C)C12. The van der Waals surface area contributed by atoms with Crippen molar-refractivity contribution in [1.82, 2.24) is 0 Å². The van der Waals surface area contributed by atoms with Crippen LogP contribution in [0.1, 0.15) is 113 Å². The molecule has 2 heteroatoms. The fourth-order valence-corrected chi connectivity index (χ4v) is 11.5. The van der Waals surface area contributed by atoms with E-state index >= 15 is 0 Å². The zero-order valence-electron chi connectivity index (χ0n) is 22.5. The van der Waals surface area contributed by atoms with Gasteiger partial charge in [0.2, 0.25) is 0 Å².